The summed E-state index contributed by atoms with van der Waals surface area (Å²) < 4.78 is 0. The number of hydrogen-bond donors (Lipinski definition) is 0. The monoisotopic (exact) mass is 364 g/mol. The second-order valence-electron chi connectivity index (χ2n) is 2.96. The maximum atomic E-state index is 5.78. The van der Waals surface area contributed by atoms with E-state index in [1.54, 1.807) is 0 Å². The van der Waals surface area contributed by atoms with E-state index in [2.05, 4.69) is 31.9 Å². The summed E-state index contributed by atoms with van der Waals surface area (Å²) in [5, 5.41) is 2.03. The van der Waals surface area contributed by atoms with Crippen molar-refractivity contribution in [2.45, 2.75) is 25.7 Å². The zero-order valence-electron chi connectivity index (χ0n) is 8.17. The molecule has 0 aromatic heterocycles. The Morgan fingerprint density at radius 1 is 0.714 bits per heavy atom. The van der Waals surface area contributed by atoms with Crippen molar-refractivity contribution in [2.24, 2.45) is 0 Å². The Hall–Kier alpha value is 1.28. The molecule has 0 aliphatic rings. The van der Waals surface area contributed by atoms with E-state index in [9.17, 15) is 0 Å². The Balaban J connectivity index is 4.45. The molecule has 14 heavy (non-hydrogen) atoms. The quantitative estimate of drug-likeness (QED) is 0.413. The van der Waals surface area contributed by atoms with Crippen LogP contribution in [0.1, 0.15) is 25.7 Å². The van der Waals surface area contributed by atoms with E-state index >= 15 is 0 Å². The lowest BCUT2D eigenvalue weighted by molar-refractivity contribution is 0.881. The average molecular weight is 367 g/mol. The lowest BCUT2D eigenvalue weighted by Crippen LogP contribution is -1.97. The smallest absolute Gasteiger partial charge is 0.0260 e. The summed E-state index contributed by atoms with van der Waals surface area (Å²) >= 11 is 18.5. The van der Waals surface area contributed by atoms with Gasteiger partial charge in [-0.05, 0) is 25.7 Å². The topological polar surface area (TPSA) is 0 Å². The molecule has 0 spiro atoms. The second kappa shape index (κ2) is 10.8. The molecule has 0 fully saturated rings. The van der Waals surface area contributed by atoms with Crippen LogP contribution < -0.4 is 0 Å². The van der Waals surface area contributed by atoms with Crippen LogP contribution in [0.2, 0.25) is 0 Å². The molecule has 0 radical (unpaired) electrons. The molecule has 0 aromatic rings. The van der Waals surface area contributed by atoms with Crippen LogP contribution in [0, 0.1) is 0 Å². The molecular weight excluding hydrogens is 351 g/mol. The summed E-state index contributed by atoms with van der Waals surface area (Å²) in [7, 11) is 0. The molecule has 0 amide bonds. The average Bonchev–Trinajstić information content (AvgIpc) is 2.17. The molecule has 0 aromatic carbocycles. The first-order valence-electron chi connectivity index (χ1n) is 4.73. The Morgan fingerprint density at radius 3 is 1.36 bits per heavy atom. The van der Waals surface area contributed by atoms with Gasteiger partial charge in [0.25, 0.3) is 0 Å². The highest BCUT2D eigenvalue weighted by Crippen LogP contribution is 2.22. The van der Waals surface area contributed by atoms with Crippen molar-refractivity contribution < 1.29 is 0 Å². The van der Waals surface area contributed by atoms with Crippen molar-refractivity contribution >= 4 is 55.1 Å². The zero-order chi connectivity index (χ0) is 10.8. The minimum Gasteiger partial charge on any atom is -0.126 e. The summed E-state index contributed by atoms with van der Waals surface area (Å²) in [4.78, 5) is 0. The molecule has 0 unspecified atom stereocenters. The maximum Gasteiger partial charge on any atom is 0.0260 e. The molecule has 0 atom stereocenters. The van der Waals surface area contributed by atoms with Crippen LogP contribution >= 0.6 is 55.1 Å². The minimum absolute atomic E-state index is 0.695. The van der Waals surface area contributed by atoms with E-state index < -0.39 is 0 Å². The largest absolute Gasteiger partial charge is 0.126 e. The van der Waals surface area contributed by atoms with Crippen LogP contribution in [0.4, 0.5) is 0 Å². The first-order valence-corrected chi connectivity index (χ1v) is 8.05. The van der Waals surface area contributed by atoms with Gasteiger partial charge in [0.05, 0.1) is 0 Å². The van der Waals surface area contributed by atoms with Crippen molar-refractivity contribution in [3.63, 3.8) is 0 Å². The van der Waals surface area contributed by atoms with Crippen LogP contribution in [0.25, 0.3) is 0 Å². The fourth-order valence-corrected chi connectivity index (χ4v) is 2.83. The van der Waals surface area contributed by atoms with Crippen molar-refractivity contribution in [1.29, 1.82) is 0 Å². The van der Waals surface area contributed by atoms with E-state index in [0.717, 1.165) is 36.3 Å². The second-order valence-corrected chi connectivity index (χ2v) is 5.30. The zero-order valence-corrected chi connectivity index (χ0v) is 12.9. The van der Waals surface area contributed by atoms with Gasteiger partial charge in [-0.1, -0.05) is 43.0 Å². The summed E-state index contributed by atoms with van der Waals surface area (Å²) in [6, 6.07) is 0. The minimum atomic E-state index is 0.695. The summed E-state index contributed by atoms with van der Waals surface area (Å²) in [6.45, 7) is 0. The third-order valence-corrected chi connectivity index (χ3v) is 3.26. The van der Waals surface area contributed by atoms with Gasteiger partial charge in [0, 0.05) is 22.4 Å². The van der Waals surface area contributed by atoms with Crippen LogP contribution in [0.5, 0.6) is 0 Å². The number of allylic oxidation sites excluding steroid dienone is 2. The maximum absolute atomic E-state index is 5.78. The van der Waals surface area contributed by atoms with E-state index in [4.69, 9.17) is 23.2 Å². The molecule has 4 heteroatoms. The molecule has 0 nitrogen and oxygen atoms in total. The van der Waals surface area contributed by atoms with Crippen LogP contribution in [-0.2, 0) is 0 Å². The SMILES string of the molecule is ClCCC(CCCl)=C(CCBr)CCBr. The van der Waals surface area contributed by atoms with Gasteiger partial charge in [-0.3, -0.25) is 0 Å². The van der Waals surface area contributed by atoms with Gasteiger partial charge in [0.15, 0.2) is 0 Å². The van der Waals surface area contributed by atoms with E-state index in [1.807, 2.05) is 0 Å². The van der Waals surface area contributed by atoms with Gasteiger partial charge < -0.3 is 0 Å². The molecule has 0 N–H and O–H groups in total. The van der Waals surface area contributed by atoms with Gasteiger partial charge in [0.2, 0.25) is 0 Å². The van der Waals surface area contributed by atoms with E-state index in [1.165, 1.54) is 11.1 Å². The molecular formula is C10H16Br2Cl2. The van der Waals surface area contributed by atoms with E-state index in [-0.39, 0.29) is 0 Å². The Labute approximate surface area is 114 Å². The number of hydrogen-bond acceptors (Lipinski definition) is 0. The van der Waals surface area contributed by atoms with Crippen molar-refractivity contribution in [3.05, 3.63) is 11.1 Å². The fourth-order valence-electron chi connectivity index (χ4n) is 1.41. The molecule has 0 saturated heterocycles. The van der Waals surface area contributed by atoms with Crippen LogP contribution in [-0.4, -0.2) is 22.4 Å². The van der Waals surface area contributed by atoms with Gasteiger partial charge in [-0.2, -0.15) is 0 Å². The summed E-state index contributed by atoms with van der Waals surface area (Å²) in [6.07, 6.45) is 4.16. The predicted molar refractivity (Wildman–Crippen MR) is 74.5 cm³/mol. The lowest BCUT2D eigenvalue weighted by atomic mass is 9.99. The van der Waals surface area contributed by atoms with Crippen molar-refractivity contribution in [3.8, 4) is 0 Å². The molecule has 84 valence electrons. The number of alkyl halides is 4. The summed E-state index contributed by atoms with van der Waals surface area (Å²) in [5.41, 5.74) is 2.97. The van der Waals surface area contributed by atoms with Crippen LogP contribution in [0.15, 0.2) is 11.1 Å². The predicted octanol–water partition coefficient (Wildman–Crippen LogP) is 5.11. The number of rotatable bonds is 8. The Kier molecular flexibility index (Phi) is 11.8. The number of halogens is 4. The van der Waals surface area contributed by atoms with Crippen molar-refractivity contribution in [2.75, 3.05) is 22.4 Å². The Bertz CT molecular complexity index is 136. The summed E-state index contributed by atoms with van der Waals surface area (Å²) in [5.74, 6) is 1.39. The molecule has 0 heterocycles. The van der Waals surface area contributed by atoms with Gasteiger partial charge in [-0.25, -0.2) is 0 Å². The lowest BCUT2D eigenvalue weighted by Gasteiger charge is -2.12. The highest BCUT2D eigenvalue weighted by atomic mass is 79.9. The van der Waals surface area contributed by atoms with Crippen LogP contribution in [0.3, 0.4) is 0 Å². The molecule has 0 rings (SSSR count). The molecule has 0 aliphatic heterocycles. The standard InChI is InChI=1S/C10H16Br2Cl2/c11-5-1-9(2-6-12)10(3-7-13)4-8-14/h1-8H2. The Morgan fingerprint density at radius 2 is 1.07 bits per heavy atom. The van der Waals surface area contributed by atoms with Crippen molar-refractivity contribution in [1.82, 2.24) is 0 Å². The molecule has 0 aliphatic carbocycles. The highest BCUT2D eigenvalue weighted by molar-refractivity contribution is 9.09. The third-order valence-electron chi connectivity index (χ3n) is 2.09. The fraction of sp³-hybridized carbons (Fsp3) is 0.800. The first-order chi connectivity index (χ1) is 6.79. The van der Waals surface area contributed by atoms with Gasteiger partial charge in [-0.15, -0.1) is 23.2 Å². The normalized spacial score (nSPS) is 10.3. The van der Waals surface area contributed by atoms with Gasteiger partial charge in [0.1, 0.15) is 0 Å². The molecule has 0 bridgehead atoms. The highest BCUT2D eigenvalue weighted by Gasteiger charge is 2.05. The third kappa shape index (κ3) is 6.71. The first kappa shape index (κ1) is 15.3. The molecule has 0 saturated carbocycles. The van der Waals surface area contributed by atoms with E-state index in [0.29, 0.717) is 11.8 Å². The van der Waals surface area contributed by atoms with Gasteiger partial charge >= 0.3 is 0 Å².